The number of anilines is 1. The van der Waals surface area contributed by atoms with E-state index in [9.17, 15) is 9.59 Å². The zero-order valence-electron chi connectivity index (χ0n) is 12.1. The highest BCUT2D eigenvalue weighted by atomic mass is 16.4. The molecule has 2 rings (SSSR count). The lowest BCUT2D eigenvalue weighted by Crippen LogP contribution is -2.38. The van der Waals surface area contributed by atoms with Crippen LogP contribution in [-0.2, 0) is 9.59 Å². The van der Waals surface area contributed by atoms with Gasteiger partial charge >= 0.3 is 5.97 Å². The van der Waals surface area contributed by atoms with Crippen molar-refractivity contribution in [1.82, 2.24) is 5.32 Å². The van der Waals surface area contributed by atoms with Crippen LogP contribution in [0.15, 0.2) is 30.3 Å². The van der Waals surface area contributed by atoms with Crippen LogP contribution in [0.4, 0.5) is 5.69 Å². The van der Waals surface area contributed by atoms with E-state index in [0.29, 0.717) is 19.4 Å². The highest BCUT2D eigenvalue weighted by Gasteiger charge is 2.23. The molecule has 21 heavy (non-hydrogen) atoms. The van der Waals surface area contributed by atoms with Gasteiger partial charge in [0.25, 0.3) is 0 Å². The van der Waals surface area contributed by atoms with Crippen molar-refractivity contribution in [2.24, 2.45) is 0 Å². The summed E-state index contributed by atoms with van der Waals surface area (Å²) in [5.74, 6) is -0.696. The summed E-state index contributed by atoms with van der Waals surface area (Å²) in [6, 6.07) is 10.1. The first-order valence-corrected chi connectivity index (χ1v) is 7.47. The molecule has 0 spiro atoms. The van der Waals surface area contributed by atoms with Crippen LogP contribution in [0.1, 0.15) is 32.1 Å². The Morgan fingerprint density at radius 1 is 1.33 bits per heavy atom. The van der Waals surface area contributed by atoms with Gasteiger partial charge in [-0.3, -0.25) is 9.59 Å². The molecule has 0 saturated carbocycles. The van der Waals surface area contributed by atoms with Crippen molar-refractivity contribution in [3.63, 3.8) is 0 Å². The molecule has 0 radical (unpaired) electrons. The number of carboxylic acids is 1. The second kappa shape index (κ2) is 7.67. The van der Waals surface area contributed by atoms with Gasteiger partial charge in [0, 0.05) is 37.7 Å². The van der Waals surface area contributed by atoms with E-state index in [2.05, 4.69) is 10.2 Å². The fourth-order valence-electron chi connectivity index (χ4n) is 2.76. The van der Waals surface area contributed by atoms with Gasteiger partial charge in [0.2, 0.25) is 5.91 Å². The third kappa shape index (κ3) is 4.77. The third-order valence-corrected chi connectivity index (χ3v) is 3.78. The molecule has 0 aromatic heterocycles. The standard InChI is InChI=1S/C16H22N2O3/c19-15-12-14(8-4-10-17-15)18(11-5-9-16(20)21)13-6-2-1-3-7-13/h1-3,6-7,14H,4-5,8-12H2,(H,17,19)(H,20,21). The molecular formula is C16H22N2O3. The van der Waals surface area contributed by atoms with Crippen molar-refractivity contribution in [1.29, 1.82) is 0 Å². The van der Waals surface area contributed by atoms with Crippen molar-refractivity contribution in [3.05, 3.63) is 30.3 Å². The molecule has 1 amide bonds. The summed E-state index contributed by atoms with van der Waals surface area (Å²) in [6.45, 7) is 1.39. The second-order valence-corrected chi connectivity index (χ2v) is 5.38. The number of carboxylic acid groups (broad SMARTS) is 1. The minimum Gasteiger partial charge on any atom is -0.481 e. The topological polar surface area (TPSA) is 69.6 Å². The Labute approximate surface area is 125 Å². The van der Waals surface area contributed by atoms with E-state index in [0.717, 1.165) is 25.1 Å². The number of nitrogens with one attached hydrogen (secondary N) is 1. The maximum atomic E-state index is 11.8. The minimum atomic E-state index is -0.776. The zero-order chi connectivity index (χ0) is 15.1. The number of para-hydroxylation sites is 1. The summed E-state index contributed by atoms with van der Waals surface area (Å²) in [4.78, 5) is 24.7. The van der Waals surface area contributed by atoms with Crippen LogP contribution in [0.25, 0.3) is 0 Å². The number of amides is 1. The average molecular weight is 290 g/mol. The van der Waals surface area contributed by atoms with Gasteiger partial charge in [0.05, 0.1) is 0 Å². The van der Waals surface area contributed by atoms with Crippen LogP contribution < -0.4 is 10.2 Å². The van der Waals surface area contributed by atoms with Gasteiger partial charge in [0.1, 0.15) is 0 Å². The van der Waals surface area contributed by atoms with Gasteiger partial charge in [-0.2, -0.15) is 0 Å². The quantitative estimate of drug-likeness (QED) is 0.841. The highest BCUT2D eigenvalue weighted by molar-refractivity contribution is 5.77. The van der Waals surface area contributed by atoms with E-state index in [-0.39, 0.29) is 18.4 Å². The molecule has 2 N–H and O–H groups in total. The molecule has 1 unspecified atom stereocenters. The number of hydrogen-bond donors (Lipinski definition) is 2. The van der Waals surface area contributed by atoms with E-state index >= 15 is 0 Å². The number of benzene rings is 1. The Kier molecular flexibility index (Phi) is 5.60. The Morgan fingerprint density at radius 3 is 2.81 bits per heavy atom. The van der Waals surface area contributed by atoms with Crippen molar-refractivity contribution >= 4 is 17.6 Å². The van der Waals surface area contributed by atoms with Crippen LogP contribution in [0.3, 0.4) is 0 Å². The molecule has 1 atom stereocenters. The van der Waals surface area contributed by atoms with Gasteiger partial charge in [-0.15, -0.1) is 0 Å². The maximum Gasteiger partial charge on any atom is 0.303 e. The molecule has 5 heteroatoms. The molecule has 1 aromatic rings. The smallest absolute Gasteiger partial charge is 0.303 e. The maximum absolute atomic E-state index is 11.8. The van der Waals surface area contributed by atoms with Gasteiger partial charge in [-0.25, -0.2) is 0 Å². The monoisotopic (exact) mass is 290 g/mol. The van der Waals surface area contributed by atoms with Crippen LogP contribution in [-0.4, -0.2) is 36.1 Å². The number of carbonyl (C=O) groups excluding carboxylic acids is 1. The Bertz CT molecular complexity index is 476. The lowest BCUT2D eigenvalue weighted by molar-refractivity contribution is -0.137. The van der Waals surface area contributed by atoms with Crippen LogP contribution >= 0.6 is 0 Å². The van der Waals surface area contributed by atoms with Crippen molar-refractivity contribution in [2.45, 2.75) is 38.1 Å². The molecule has 0 aliphatic carbocycles. The molecule has 114 valence electrons. The highest BCUT2D eigenvalue weighted by Crippen LogP contribution is 2.23. The predicted molar refractivity (Wildman–Crippen MR) is 81.3 cm³/mol. The first-order chi connectivity index (χ1) is 10.2. The van der Waals surface area contributed by atoms with Crippen LogP contribution in [0.2, 0.25) is 0 Å². The lowest BCUT2D eigenvalue weighted by Gasteiger charge is -2.32. The van der Waals surface area contributed by atoms with E-state index in [1.807, 2.05) is 30.3 Å². The lowest BCUT2D eigenvalue weighted by atomic mass is 10.1. The minimum absolute atomic E-state index is 0.0802. The Morgan fingerprint density at radius 2 is 2.10 bits per heavy atom. The molecule has 1 aliphatic rings. The first-order valence-electron chi connectivity index (χ1n) is 7.47. The zero-order valence-corrected chi connectivity index (χ0v) is 12.1. The summed E-state index contributed by atoms with van der Waals surface area (Å²) >= 11 is 0. The van der Waals surface area contributed by atoms with Gasteiger partial charge in [-0.05, 0) is 31.4 Å². The van der Waals surface area contributed by atoms with Gasteiger partial charge < -0.3 is 15.3 Å². The Balaban J connectivity index is 2.10. The van der Waals surface area contributed by atoms with Crippen LogP contribution in [0.5, 0.6) is 0 Å². The molecule has 1 heterocycles. The van der Waals surface area contributed by atoms with Gasteiger partial charge in [0.15, 0.2) is 0 Å². The van der Waals surface area contributed by atoms with E-state index in [4.69, 9.17) is 5.11 Å². The second-order valence-electron chi connectivity index (χ2n) is 5.38. The third-order valence-electron chi connectivity index (χ3n) is 3.78. The molecule has 1 fully saturated rings. The van der Waals surface area contributed by atoms with E-state index in [1.165, 1.54) is 0 Å². The molecule has 1 aromatic carbocycles. The van der Waals surface area contributed by atoms with Gasteiger partial charge in [-0.1, -0.05) is 18.2 Å². The van der Waals surface area contributed by atoms with Crippen molar-refractivity contribution in [2.75, 3.05) is 18.0 Å². The summed E-state index contributed by atoms with van der Waals surface area (Å²) < 4.78 is 0. The molecule has 1 saturated heterocycles. The largest absolute Gasteiger partial charge is 0.481 e. The number of carbonyl (C=O) groups is 2. The van der Waals surface area contributed by atoms with E-state index < -0.39 is 5.97 Å². The Hall–Kier alpha value is -2.04. The number of aliphatic carboxylic acids is 1. The van der Waals surface area contributed by atoms with Crippen molar-refractivity contribution < 1.29 is 14.7 Å². The van der Waals surface area contributed by atoms with Crippen molar-refractivity contribution in [3.8, 4) is 0 Å². The average Bonchev–Trinajstić information content (AvgIpc) is 2.69. The summed E-state index contributed by atoms with van der Waals surface area (Å²) in [7, 11) is 0. The fourth-order valence-corrected chi connectivity index (χ4v) is 2.76. The molecular weight excluding hydrogens is 268 g/mol. The SMILES string of the molecule is O=C(O)CCCN(c1ccccc1)C1CCCNC(=O)C1. The molecule has 5 nitrogen and oxygen atoms in total. The molecule has 0 bridgehead atoms. The van der Waals surface area contributed by atoms with E-state index in [1.54, 1.807) is 0 Å². The summed E-state index contributed by atoms with van der Waals surface area (Å²) in [5.41, 5.74) is 1.06. The predicted octanol–water partition coefficient (Wildman–Crippen LogP) is 2.03. The number of hydrogen-bond acceptors (Lipinski definition) is 3. The first kappa shape index (κ1) is 15.4. The normalized spacial score (nSPS) is 18.7. The molecule has 1 aliphatic heterocycles. The summed E-state index contributed by atoms with van der Waals surface area (Å²) in [5, 5.41) is 11.7. The number of rotatable bonds is 6. The fraction of sp³-hybridized carbons (Fsp3) is 0.500. The number of nitrogens with zero attached hydrogens (tertiary/aromatic N) is 1. The van der Waals surface area contributed by atoms with Crippen LogP contribution in [0, 0.1) is 0 Å². The summed E-state index contributed by atoms with van der Waals surface area (Å²) in [6.07, 6.45) is 3.12.